The molecule has 2 saturated heterocycles. The van der Waals surface area contributed by atoms with Crippen molar-refractivity contribution in [1.82, 2.24) is 9.62 Å². The molecule has 1 amide bonds. The molecular formula is C27H34F2N2O5S. The first-order valence-electron chi connectivity index (χ1n) is 12.4. The third-order valence-electron chi connectivity index (χ3n) is 7.47. The van der Waals surface area contributed by atoms with Crippen molar-refractivity contribution >= 4 is 16.1 Å². The number of nitrogens with zero attached hydrogens (tertiary/aromatic N) is 1. The minimum Gasteiger partial charge on any atom is -0.443 e. The van der Waals surface area contributed by atoms with Gasteiger partial charge in [-0.1, -0.05) is 37.3 Å². The van der Waals surface area contributed by atoms with Crippen molar-refractivity contribution in [2.45, 2.75) is 81.9 Å². The average molecular weight is 537 g/mol. The first-order valence-corrected chi connectivity index (χ1v) is 13.9. The molecule has 4 rings (SSSR count). The van der Waals surface area contributed by atoms with Gasteiger partial charge in [0.05, 0.1) is 12.1 Å². The van der Waals surface area contributed by atoms with Gasteiger partial charge in [-0.2, -0.15) is 4.31 Å². The summed E-state index contributed by atoms with van der Waals surface area (Å²) in [7, 11) is -3.83. The third-order valence-corrected chi connectivity index (χ3v) is 9.83. The van der Waals surface area contributed by atoms with E-state index < -0.39 is 50.1 Å². The van der Waals surface area contributed by atoms with Crippen LogP contribution in [0.1, 0.15) is 68.9 Å². The Morgan fingerprint density at radius 3 is 2.38 bits per heavy atom. The Hall–Kier alpha value is -2.56. The summed E-state index contributed by atoms with van der Waals surface area (Å²) in [5.74, 6) is -1.52. The molecule has 202 valence electrons. The van der Waals surface area contributed by atoms with Gasteiger partial charge in [-0.15, -0.1) is 0 Å². The van der Waals surface area contributed by atoms with Crippen LogP contribution in [0.5, 0.6) is 0 Å². The van der Waals surface area contributed by atoms with Crippen molar-refractivity contribution in [3.05, 3.63) is 70.8 Å². The Bertz CT molecular complexity index is 1270. The number of benzene rings is 2. The lowest BCUT2D eigenvalue weighted by molar-refractivity contribution is 0.00790. The van der Waals surface area contributed by atoms with Crippen LogP contribution in [0.25, 0.3) is 0 Å². The Kier molecular flexibility index (Phi) is 7.40. The van der Waals surface area contributed by atoms with Gasteiger partial charge < -0.3 is 15.2 Å². The number of amides is 1. The van der Waals surface area contributed by atoms with E-state index in [9.17, 15) is 18.3 Å². The number of nitrogens with one attached hydrogen (secondary N) is 1. The van der Waals surface area contributed by atoms with E-state index in [0.717, 1.165) is 12.1 Å². The molecule has 0 bridgehead atoms. The lowest BCUT2D eigenvalue weighted by Crippen LogP contribution is -2.46. The highest BCUT2D eigenvalue weighted by molar-refractivity contribution is 7.89. The number of carbonyl (C=O) groups excluding carboxylic acids is 1. The smallest absolute Gasteiger partial charge is 0.407 e. The number of ether oxygens (including phenoxy) is 1. The summed E-state index contributed by atoms with van der Waals surface area (Å²) in [4.78, 5) is 11.7. The minimum atomic E-state index is -3.83. The van der Waals surface area contributed by atoms with Crippen LogP contribution in [-0.4, -0.2) is 48.2 Å². The largest absolute Gasteiger partial charge is 0.443 e. The van der Waals surface area contributed by atoms with Gasteiger partial charge in [0, 0.05) is 29.1 Å². The van der Waals surface area contributed by atoms with Crippen LogP contribution >= 0.6 is 0 Å². The number of aliphatic hydroxyl groups is 1. The highest BCUT2D eigenvalue weighted by atomic mass is 32.2. The SMILES string of the molecule is C[C@H]1CCC(c2ccccc2)S(=O)(=O)N1Cc1cc(F)c([C@@](C)(CC(C)(C)O)[C@H]2CNC(=O)O2)cc1F. The Labute approximate surface area is 216 Å². The predicted molar refractivity (Wildman–Crippen MR) is 135 cm³/mol. The zero-order valence-corrected chi connectivity index (χ0v) is 22.3. The maximum Gasteiger partial charge on any atom is 0.407 e. The molecule has 2 aromatic rings. The van der Waals surface area contributed by atoms with Gasteiger partial charge in [-0.3, -0.25) is 0 Å². The number of cyclic esters (lactones) is 1. The monoisotopic (exact) mass is 536 g/mol. The number of alkyl carbamates (subject to hydrolysis) is 1. The van der Waals surface area contributed by atoms with Crippen molar-refractivity contribution in [3.63, 3.8) is 0 Å². The first kappa shape index (κ1) is 27.5. The molecule has 10 heteroatoms. The molecule has 2 aliphatic heterocycles. The van der Waals surface area contributed by atoms with Crippen molar-refractivity contribution < 1.29 is 31.8 Å². The predicted octanol–water partition coefficient (Wildman–Crippen LogP) is 4.55. The zero-order chi connectivity index (χ0) is 27.2. The van der Waals surface area contributed by atoms with Gasteiger partial charge >= 0.3 is 6.09 Å². The third kappa shape index (κ3) is 5.51. The van der Waals surface area contributed by atoms with Gasteiger partial charge in [-0.25, -0.2) is 22.0 Å². The van der Waals surface area contributed by atoms with E-state index in [1.165, 1.54) is 4.31 Å². The van der Waals surface area contributed by atoms with Crippen molar-refractivity contribution in [2.24, 2.45) is 0 Å². The normalized spacial score (nSPS) is 25.8. The first-order chi connectivity index (χ1) is 17.2. The highest BCUT2D eigenvalue weighted by Crippen LogP contribution is 2.42. The molecule has 7 nitrogen and oxygen atoms in total. The van der Waals surface area contributed by atoms with E-state index in [1.54, 1.807) is 52.0 Å². The van der Waals surface area contributed by atoms with Gasteiger partial charge in [0.25, 0.3) is 0 Å². The maximum absolute atomic E-state index is 15.7. The summed E-state index contributed by atoms with van der Waals surface area (Å²) in [5.41, 5.74) is -1.98. The van der Waals surface area contributed by atoms with E-state index in [-0.39, 0.29) is 36.7 Å². The van der Waals surface area contributed by atoms with E-state index >= 15 is 8.78 Å². The maximum atomic E-state index is 15.7. The molecular weight excluding hydrogens is 502 g/mol. The molecule has 0 aliphatic carbocycles. The molecule has 1 unspecified atom stereocenters. The van der Waals surface area contributed by atoms with Crippen molar-refractivity contribution in [3.8, 4) is 0 Å². The molecule has 2 aliphatic rings. The van der Waals surface area contributed by atoms with Gasteiger partial charge in [0.1, 0.15) is 23.0 Å². The molecule has 2 heterocycles. The molecule has 0 radical (unpaired) electrons. The van der Waals surface area contributed by atoms with Crippen LogP contribution < -0.4 is 5.32 Å². The van der Waals surface area contributed by atoms with E-state index in [2.05, 4.69) is 5.32 Å². The highest BCUT2D eigenvalue weighted by Gasteiger charge is 2.47. The topological polar surface area (TPSA) is 95.9 Å². The number of rotatable bonds is 7. The molecule has 0 saturated carbocycles. The molecule has 0 spiro atoms. The molecule has 0 aromatic heterocycles. The summed E-state index contributed by atoms with van der Waals surface area (Å²) in [6.45, 7) is 6.25. The summed E-state index contributed by atoms with van der Waals surface area (Å²) in [5, 5.41) is 12.3. The number of carbonyl (C=O) groups is 1. The fourth-order valence-corrected chi connectivity index (χ4v) is 7.88. The fourth-order valence-electron chi connectivity index (χ4n) is 5.69. The second-order valence-electron chi connectivity index (χ2n) is 11.0. The van der Waals surface area contributed by atoms with E-state index in [0.29, 0.717) is 18.4 Å². The second-order valence-corrected chi connectivity index (χ2v) is 13.1. The van der Waals surface area contributed by atoms with Crippen molar-refractivity contribution in [1.29, 1.82) is 0 Å². The van der Waals surface area contributed by atoms with Crippen LogP contribution in [0.15, 0.2) is 42.5 Å². The summed E-state index contributed by atoms with van der Waals surface area (Å²) in [6.07, 6.45) is -0.471. The number of sulfonamides is 1. The number of hydrogen-bond donors (Lipinski definition) is 2. The summed E-state index contributed by atoms with van der Waals surface area (Å²) in [6, 6.07) is 10.6. The fraction of sp³-hybridized carbons (Fsp3) is 0.519. The zero-order valence-electron chi connectivity index (χ0n) is 21.5. The quantitative estimate of drug-likeness (QED) is 0.542. The van der Waals surface area contributed by atoms with Crippen molar-refractivity contribution in [2.75, 3.05) is 6.54 Å². The van der Waals surface area contributed by atoms with Crippen LogP contribution in [-0.2, 0) is 26.7 Å². The van der Waals surface area contributed by atoms with Gasteiger partial charge in [-0.05, 0) is 57.7 Å². The molecule has 4 atom stereocenters. The van der Waals surface area contributed by atoms with Crippen LogP contribution in [0.2, 0.25) is 0 Å². The van der Waals surface area contributed by atoms with Crippen LogP contribution in [0, 0.1) is 11.6 Å². The standard InChI is InChI=1S/C27H34F2N2O5S/c1-17-10-11-23(18-8-6-5-7-9-18)37(34,35)31(17)15-19-12-22(29)20(13-21(19)28)27(4,16-26(2,3)33)24-14-30-25(32)36-24/h5-9,12-13,17,23-24,33H,10-11,14-16H2,1-4H3,(H,30,32)/t17-,23?,24+,27+/m0/s1. The average Bonchev–Trinajstić information content (AvgIpc) is 3.25. The Balaban J connectivity index is 1.68. The summed E-state index contributed by atoms with van der Waals surface area (Å²) < 4.78 is 64.9. The van der Waals surface area contributed by atoms with E-state index in [1.807, 2.05) is 6.07 Å². The van der Waals surface area contributed by atoms with Gasteiger partial charge in [0.15, 0.2) is 0 Å². The summed E-state index contributed by atoms with van der Waals surface area (Å²) >= 11 is 0. The lowest BCUT2D eigenvalue weighted by Gasteiger charge is -2.39. The molecule has 37 heavy (non-hydrogen) atoms. The molecule has 2 aromatic carbocycles. The molecule has 2 fully saturated rings. The molecule has 2 N–H and O–H groups in total. The van der Waals surface area contributed by atoms with Gasteiger partial charge in [0.2, 0.25) is 10.0 Å². The Morgan fingerprint density at radius 2 is 1.78 bits per heavy atom. The Morgan fingerprint density at radius 1 is 1.11 bits per heavy atom. The van der Waals surface area contributed by atoms with Crippen LogP contribution in [0.4, 0.5) is 13.6 Å². The second kappa shape index (κ2) is 9.96. The lowest BCUT2D eigenvalue weighted by atomic mass is 9.70. The minimum absolute atomic E-state index is 0.00831. The van der Waals surface area contributed by atoms with Crippen LogP contribution in [0.3, 0.4) is 0 Å². The number of hydrogen-bond acceptors (Lipinski definition) is 5. The van der Waals surface area contributed by atoms with E-state index in [4.69, 9.17) is 4.74 Å². The number of halogens is 2.